The first-order chi connectivity index (χ1) is 17.2. The lowest BCUT2D eigenvalue weighted by molar-refractivity contribution is 0.0950. The summed E-state index contributed by atoms with van der Waals surface area (Å²) >= 11 is 0. The van der Waals surface area contributed by atoms with Gasteiger partial charge in [-0.2, -0.15) is 10.2 Å². The van der Waals surface area contributed by atoms with E-state index >= 15 is 0 Å². The number of para-hydroxylation sites is 1. The molecular formula is C29H22N4O2. The molecule has 6 heteroatoms. The molecule has 1 aliphatic carbocycles. The number of carbonyl (C=O) groups excluding carboxylic acids is 1. The predicted molar refractivity (Wildman–Crippen MR) is 137 cm³/mol. The molecule has 0 unspecified atom stereocenters. The van der Waals surface area contributed by atoms with Gasteiger partial charge in [0.2, 0.25) is 0 Å². The van der Waals surface area contributed by atoms with Gasteiger partial charge in [-0.15, -0.1) is 0 Å². The van der Waals surface area contributed by atoms with Gasteiger partial charge < -0.3 is 4.74 Å². The molecule has 0 atom stereocenters. The summed E-state index contributed by atoms with van der Waals surface area (Å²) in [5.74, 6) is 1.09. The van der Waals surface area contributed by atoms with E-state index in [9.17, 15) is 4.79 Å². The Labute approximate surface area is 202 Å². The Kier molecular flexibility index (Phi) is 5.31. The number of hydrogen-bond acceptors (Lipinski definition) is 4. The van der Waals surface area contributed by atoms with E-state index in [4.69, 9.17) is 4.74 Å². The van der Waals surface area contributed by atoms with Crippen LogP contribution in [0.2, 0.25) is 0 Å². The molecule has 0 radical (unpaired) electrons. The standard InChI is InChI=1S/C29H22N4O2/c34-29(33-30-18-19-6-4-10-23(16-19)35-22-8-2-1-3-9-22)27-17-26(31-32-27)24-15-14-21-13-12-20-7-5-11-25(24)28(20)21/h1-11,14-18H,12-13H2,(H,31,32)(H,33,34). The molecular weight excluding hydrogens is 436 g/mol. The molecule has 0 fully saturated rings. The molecule has 6 rings (SSSR count). The second kappa shape index (κ2) is 8.91. The molecule has 35 heavy (non-hydrogen) atoms. The van der Waals surface area contributed by atoms with Crippen molar-refractivity contribution < 1.29 is 9.53 Å². The zero-order valence-electron chi connectivity index (χ0n) is 18.9. The first-order valence-electron chi connectivity index (χ1n) is 11.5. The molecule has 170 valence electrons. The van der Waals surface area contributed by atoms with E-state index in [1.165, 1.54) is 21.9 Å². The van der Waals surface area contributed by atoms with Crippen LogP contribution >= 0.6 is 0 Å². The minimum atomic E-state index is -0.359. The van der Waals surface area contributed by atoms with Gasteiger partial charge in [-0.25, -0.2) is 5.43 Å². The fourth-order valence-electron chi connectivity index (χ4n) is 4.55. The molecule has 4 aromatic carbocycles. The number of aryl methyl sites for hydroxylation is 2. The van der Waals surface area contributed by atoms with Gasteiger partial charge in [0.05, 0.1) is 11.9 Å². The average molecular weight is 459 g/mol. The van der Waals surface area contributed by atoms with Gasteiger partial charge in [0.25, 0.3) is 5.91 Å². The number of benzene rings is 4. The monoisotopic (exact) mass is 458 g/mol. The quantitative estimate of drug-likeness (QED) is 0.246. The largest absolute Gasteiger partial charge is 0.457 e. The summed E-state index contributed by atoms with van der Waals surface area (Å²) in [7, 11) is 0. The molecule has 6 nitrogen and oxygen atoms in total. The van der Waals surface area contributed by atoms with E-state index in [2.05, 4.69) is 51.1 Å². The Balaban J connectivity index is 1.16. The number of nitrogens with one attached hydrogen (secondary N) is 2. The number of aromatic nitrogens is 2. The number of aromatic amines is 1. The number of amides is 1. The number of carbonyl (C=O) groups is 1. The normalized spacial score (nSPS) is 12.3. The van der Waals surface area contributed by atoms with Gasteiger partial charge >= 0.3 is 0 Å². The highest BCUT2D eigenvalue weighted by Gasteiger charge is 2.18. The van der Waals surface area contributed by atoms with Gasteiger partial charge in [-0.1, -0.05) is 60.7 Å². The Bertz CT molecular complexity index is 1560. The van der Waals surface area contributed by atoms with Crippen molar-refractivity contribution in [1.82, 2.24) is 15.6 Å². The molecule has 1 amide bonds. The highest BCUT2D eigenvalue weighted by atomic mass is 16.5. The fraction of sp³-hybridized carbons (Fsp3) is 0.0690. The van der Waals surface area contributed by atoms with Crippen LogP contribution in [-0.4, -0.2) is 22.3 Å². The first-order valence-corrected chi connectivity index (χ1v) is 11.5. The van der Waals surface area contributed by atoms with Crippen LogP contribution in [0.25, 0.3) is 22.0 Å². The van der Waals surface area contributed by atoms with Crippen LogP contribution in [0.5, 0.6) is 11.5 Å². The molecule has 0 saturated carbocycles. The van der Waals surface area contributed by atoms with Gasteiger partial charge in [0, 0.05) is 5.56 Å². The van der Waals surface area contributed by atoms with Crippen molar-refractivity contribution in [2.45, 2.75) is 12.8 Å². The number of nitrogens with zero attached hydrogens (tertiary/aromatic N) is 2. The van der Waals surface area contributed by atoms with Crippen molar-refractivity contribution in [3.05, 3.63) is 113 Å². The van der Waals surface area contributed by atoms with Crippen LogP contribution in [0, 0.1) is 0 Å². The van der Waals surface area contributed by atoms with Crippen molar-refractivity contribution in [3.63, 3.8) is 0 Å². The number of hydrazone groups is 1. The lowest BCUT2D eigenvalue weighted by Gasteiger charge is -2.06. The molecule has 0 aliphatic heterocycles. The van der Waals surface area contributed by atoms with Crippen molar-refractivity contribution in [2.75, 3.05) is 0 Å². The number of H-pyrrole nitrogens is 1. The molecule has 2 N–H and O–H groups in total. The van der Waals surface area contributed by atoms with E-state index in [0.717, 1.165) is 35.4 Å². The molecule has 1 aromatic heterocycles. The number of rotatable bonds is 6. The van der Waals surface area contributed by atoms with Crippen molar-refractivity contribution >= 4 is 22.9 Å². The second-order valence-corrected chi connectivity index (χ2v) is 8.47. The van der Waals surface area contributed by atoms with E-state index in [1.54, 1.807) is 12.3 Å². The maximum absolute atomic E-state index is 12.6. The Morgan fingerprint density at radius 1 is 0.886 bits per heavy atom. The van der Waals surface area contributed by atoms with Crippen LogP contribution < -0.4 is 10.2 Å². The fourth-order valence-corrected chi connectivity index (χ4v) is 4.55. The molecule has 1 aliphatic rings. The highest BCUT2D eigenvalue weighted by Crippen LogP contribution is 2.36. The Morgan fingerprint density at radius 2 is 1.69 bits per heavy atom. The lowest BCUT2D eigenvalue weighted by Crippen LogP contribution is -2.18. The van der Waals surface area contributed by atoms with Gasteiger partial charge in [-0.3, -0.25) is 9.89 Å². The van der Waals surface area contributed by atoms with Gasteiger partial charge in [0.1, 0.15) is 17.2 Å². The van der Waals surface area contributed by atoms with E-state index in [1.807, 2.05) is 54.6 Å². The van der Waals surface area contributed by atoms with E-state index in [-0.39, 0.29) is 5.91 Å². The van der Waals surface area contributed by atoms with Gasteiger partial charge in [0.15, 0.2) is 0 Å². The summed E-state index contributed by atoms with van der Waals surface area (Å²) in [5, 5.41) is 13.8. The maximum Gasteiger partial charge on any atom is 0.289 e. The zero-order valence-corrected chi connectivity index (χ0v) is 18.9. The summed E-state index contributed by atoms with van der Waals surface area (Å²) in [6.07, 6.45) is 3.73. The Morgan fingerprint density at radius 3 is 2.57 bits per heavy atom. The number of hydrogen-bond donors (Lipinski definition) is 2. The third-order valence-electron chi connectivity index (χ3n) is 6.19. The minimum absolute atomic E-state index is 0.349. The summed E-state index contributed by atoms with van der Waals surface area (Å²) in [6, 6.07) is 29.5. The van der Waals surface area contributed by atoms with E-state index in [0.29, 0.717) is 11.4 Å². The van der Waals surface area contributed by atoms with E-state index < -0.39 is 0 Å². The molecule has 0 spiro atoms. The van der Waals surface area contributed by atoms with Crippen LogP contribution in [0.3, 0.4) is 0 Å². The van der Waals surface area contributed by atoms with Crippen LogP contribution in [0.4, 0.5) is 0 Å². The summed E-state index contributed by atoms with van der Waals surface area (Å²) in [6.45, 7) is 0. The summed E-state index contributed by atoms with van der Waals surface area (Å²) in [5.41, 5.74) is 8.22. The molecule has 0 bridgehead atoms. The third kappa shape index (κ3) is 4.17. The minimum Gasteiger partial charge on any atom is -0.457 e. The number of ether oxygens (including phenoxy) is 1. The topological polar surface area (TPSA) is 79.4 Å². The highest BCUT2D eigenvalue weighted by molar-refractivity contribution is 6.02. The van der Waals surface area contributed by atoms with Crippen molar-refractivity contribution in [3.8, 4) is 22.8 Å². The third-order valence-corrected chi connectivity index (χ3v) is 6.19. The smallest absolute Gasteiger partial charge is 0.289 e. The Hall–Kier alpha value is -4.71. The SMILES string of the molecule is O=C(NN=Cc1cccc(Oc2ccccc2)c1)c1cc(-c2ccc3c4c(cccc24)CC3)n[nH]1. The van der Waals surface area contributed by atoms with Crippen LogP contribution in [0.1, 0.15) is 27.2 Å². The maximum atomic E-state index is 12.6. The van der Waals surface area contributed by atoms with Crippen LogP contribution in [0.15, 0.2) is 96.1 Å². The van der Waals surface area contributed by atoms with Crippen molar-refractivity contribution in [1.29, 1.82) is 0 Å². The molecule has 5 aromatic rings. The summed E-state index contributed by atoms with van der Waals surface area (Å²) < 4.78 is 5.85. The molecule has 0 saturated heterocycles. The predicted octanol–water partition coefficient (Wildman–Crippen LogP) is 5.88. The average Bonchev–Trinajstić information content (AvgIpc) is 3.54. The summed E-state index contributed by atoms with van der Waals surface area (Å²) in [4.78, 5) is 12.6. The lowest BCUT2D eigenvalue weighted by atomic mass is 9.98. The zero-order chi connectivity index (χ0) is 23.6. The van der Waals surface area contributed by atoms with Gasteiger partial charge in [-0.05, 0) is 70.6 Å². The van der Waals surface area contributed by atoms with Crippen molar-refractivity contribution in [2.24, 2.45) is 5.10 Å². The van der Waals surface area contributed by atoms with Crippen LogP contribution in [-0.2, 0) is 12.8 Å². The second-order valence-electron chi connectivity index (χ2n) is 8.47. The first kappa shape index (κ1) is 20.9. The molecule has 1 heterocycles.